The average Bonchev–Trinajstić information content (AvgIpc) is 2.39. The predicted octanol–water partition coefficient (Wildman–Crippen LogP) is 2.46. The second-order valence-corrected chi connectivity index (χ2v) is 4.85. The smallest absolute Gasteiger partial charge is 0.0669 e. The number of hydrogen-bond donors (Lipinski definition) is 1. The van der Waals surface area contributed by atoms with E-state index in [0.717, 1.165) is 13.2 Å². The molecule has 0 unspecified atom stereocenters. The van der Waals surface area contributed by atoms with Crippen molar-refractivity contribution < 1.29 is 4.74 Å². The van der Waals surface area contributed by atoms with Crippen molar-refractivity contribution in [2.24, 2.45) is 5.73 Å². The van der Waals surface area contributed by atoms with Gasteiger partial charge in [0.2, 0.25) is 0 Å². The molecule has 0 amide bonds. The standard InChI is InChI=1S/C16H17NO/c17-10-13-5-4-8-15(9-13)16(11-18-12-16)14-6-2-1-3-7-14/h1-9H,10-12,17H2. The Hall–Kier alpha value is -1.64. The van der Waals surface area contributed by atoms with Gasteiger partial charge in [-0.15, -0.1) is 0 Å². The fourth-order valence-corrected chi connectivity index (χ4v) is 2.56. The van der Waals surface area contributed by atoms with Crippen molar-refractivity contribution in [3.8, 4) is 0 Å². The lowest BCUT2D eigenvalue weighted by Crippen LogP contribution is -2.47. The number of benzene rings is 2. The molecule has 0 spiro atoms. The van der Waals surface area contributed by atoms with Crippen molar-refractivity contribution in [1.29, 1.82) is 0 Å². The third kappa shape index (κ3) is 1.74. The zero-order valence-electron chi connectivity index (χ0n) is 10.3. The summed E-state index contributed by atoms with van der Waals surface area (Å²) in [5, 5.41) is 0. The molecule has 0 aliphatic carbocycles. The molecular weight excluding hydrogens is 222 g/mol. The molecule has 2 heteroatoms. The summed E-state index contributed by atoms with van der Waals surface area (Å²) in [6, 6.07) is 19.1. The molecule has 1 aliphatic heterocycles. The average molecular weight is 239 g/mol. The minimum absolute atomic E-state index is 0.0203. The van der Waals surface area contributed by atoms with Gasteiger partial charge in [-0.2, -0.15) is 0 Å². The van der Waals surface area contributed by atoms with Crippen molar-refractivity contribution in [3.05, 3.63) is 71.3 Å². The molecule has 1 heterocycles. The van der Waals surface area contributed by atoms with Gasteiger partial charge in [0, 0.05) is 6.54 Å². The Morgan fingerprint density at radius 2 is 1.67 bits per heavy atom. The number of hydrogen-bond acceptors (Lipinski definition) is 2. The minimum Gasteiger partial charge on any atom is -0.379 e. The molecule has 2 N–H and O–H groups in total. The van der Waals surface area contributed by atoms with E-state index in [-0.39, 0.29) is 5.41 Å². The van der Waals surface area contributed by atoms with Crippen molar-refractivity contribution in [3.63, 3.8) is 0 Å². The maximum absolute atomic E-state index is 5.73. The number of ether oxygens (including phenoxy) is 1. The van der Waals surface area contributed by atoms with E-state index in [4.69, 9.17) is 10.5 Å². The van der Waals surface area contributed by atoms with Crippen LogP contribution in [0.4, 0.5) is 0 Å². The van der Waals surface area contributed by atoms with Crippen LogP contribution in [0.1, 0.15) is 16.7 Å². The minimum atomic E-state index is 0.0203. The highest BCUT2D eigenvalue weighted by atomic mass is 16.5. The fraction of sp³-hybridized carbons (Fsp3) is 0.250. The highest BCUT2D eigenvalue weighted by Crippen LogP contribution is 2.39. The zero-order valence-corrected chi connectivity index (χ0v) is 10.3. The van der Waals surface area contributed by atoms with Crippen molar-refractivity contribution >= 4 is 0 Å². The molecule has 0 saturated carbocycles. The first-order valence-corrected chi connectivity index (χ1v) is 6.28. The summed E-state index contributed by atoms with van der Waals surface area (Å²) in [5.41, 5.74) is 9.56. The second kappa shape index (κ2) is 4.56. The SMILES string of the molecule is NCc1cccc(C2(c3ccccc3)COC2)c1. The first-order valence-electron chi connectivity index (χ1n) is 6.28. The molecule has 1 saturated heterocycles. The molecule has 1 aliphatic rings. The Labute approximate surface area is 107 Å². The normalized spacial score (nSPS) is 17.2. The highest BCUT2D eigenvalue weighted by Gasteiger charge is 2.41. The van der Waals surface area contributed by atoms with Crippen LogP contribution in [0.25, 0.3) is 0 Å². The second-order valence-electron chi connectivity index (χ2n) is 4.85. The van der Waals surface area contributed by atoms with E-state index in [9.17, 15) is 0 Å². The van der Waals surface area contributed by atoms with E-state index in [0.29, 0.717) is 6.54 Å². The van der Waals surface area contributed by atoms with Gasteiger partial charge in [-0.1, -0.05) is 54.6 Å². The Kier molecular flexibility index (Phi) is 2.90. The Morgan fingerprint density at radius 1 is 0.944 bits per heavy atom. The van der Waals surface area contributed by atoms with E-state index in [1.165, 1.54) is 16.7 Å². The topological polar surface area (TPSA) is 35.2 Å². The van der Waals surface area contributed by atoms with Crippen LogP contribution in [-0.2, 0) is 16.7 Å². The van der Waals surface area contributed by atoms with E-state index in [1.54, 1.807) is 0 Å². The summed E-state index contributed by atoms with van der Waals surface area (Å²) in [6.07, 6.45) is 0. The van der Waals surface area contributed by atoms with Gasteiger partial charge in [-0.25, -0.2) is 0 Å². The van der Waals surface area contributed by atoms with Crippen molar-refractivity contribution in [1.82, 2.24) is 0 Å². The first kappa shape index (κ1) is 11.5. The molecule has 0 aromatic heterocycles. The van der Waals surface area contributed by atoms with Crippen LogP contribution in [0.3, 0.4) is 0 Å². The van der Waals surface area contributed by atoms with Crippen LogP contribution >= 0.6 is 0 Å². The van der Waals surface area contributed by atoms with Gasteiger partial charge in [0.05, 0.1) is 18.6 Å². The highest BCUT2D eigenvalue weighted by molar-refractivity contribution is 5.43. The maximum atomic E-state index is 5.73. The van der Waals surface area contributed by atoms with Gasteiger partial charge in [0.1, 0.15) is 0 Å². The summed E-state index contributed by atoms with van der Waals surface area (Å²) in [4.78, 5) is 0. The quantitative estimate of drug-likeness (QED) is 0.893. The van der Waals surface area contributed by atoms with Crippen LogP contribution in [0.2, 0.25) is 0 Å². The number of rotatable bonds is 3. The molecule has 18 heavy (non-hydrogen) atoms. The predicted molar refractivity (Wildman–Crippen MR) is 72.4 cm³/mol. The zero-order chi connectivity index (χ0) is 12.4. The van der Waals surface area contributed by atoms with Gasteiger partial charge in [0.25, 0.3) is 0 Å². The number of nitrogens with two attached hydrogens (primary N) is 1. The van der Waals surface area contributed by atoms with Gasteiger partial charge in [0.15, 0.2) is 0 Å². The summed E-state index contributed by atoms with van der Waals surface area (Å²) in [6.45, 7) is 2.09. The third-order valence-electron chi connectivity index (χ3n) is 3.74. The molecule has 2 nitrogen and oxygen atoms in total. The Balaban J connectivity index is 2.06. The summed E-state index contributed by atoms with van der Waals surface area (Å²) in [5.74, 6) is 0. The molecule has 0 atom stereocenters. The molecule has 0 radical (unpaired) electrons. The third-order valence-corrected chi connectivity index (χ3v) is 3.74. The molecule has 2 aromatic rings. The van der Waals surface area contributed by atoms with Crippen LogP contribution < -0.4 is 5.73 Å². The van der Waals surface area contributed by atoms with Crippen molar-refractivity contribution in [2.75, 3.05) is 13.2 Å². The largest absolute Gasteiger partial charge is 0.379 e. The Morgan fingerprint density at radius 3 is 2.28 bits per heavy atom. The van der Waals surface area contributed by atoms with Crippen LogP contribution in [0, 0.1) is 0 Å². The molecule has 2 aromatic carbocycles. The van der Waals surface area contributed by atoms with E-state index in [1.807, 2.05) is 6.07 Å². The summed E-state index contributed by atoms with van der Waals surface area (Å²) >= 11 is 0. The molecular formula is C16H17NO. The maximum Gasteiger partial charge on any atom is 0.0669 e. The van der Waals surface area contributed by atoms with Crippen molar-refractivity contribution in [2.45, 2.75) is 12.0 Å². The van der Waals surface area contributed by atoms with E-state index < -0.39 is 0 Å². The monoisotopic (exact) mass is 239 g/mol. The van der Waals surface area contributed by atoms with Crippen LogP contribution in [0.5, 0.6) is 0 Å². The van der Waals surface area contributed by atoms with Crippen LogP contribution in [-0.4, -0.2) is 13.2 Å². The van der Waals surface area contributed by atoms with Gasteiger partial charge in [-0.3, -0.25) is 0 Å². The van der Waals surface area contributed by atoms with E-state index >= 15 is 0 Å². The fourth-order valence-electron chi connectivity index (χ4n) is 2.56. The molecule has 1 fully saturated rings. The van der Waals surface area contributed by atoms with Gasteiger partial charge in [-0.05, 0) is 16.7 Å². The lowest BCUT2D eigenvalue weighted by Gasteiger charge is -2.42. The van der Waals surface area contributed by atoms with E-state index in [2.05, 4.69) is 48.5 Å². The molecule has 3 rings (SSSR count). The van der Waals surface area contributed by atoms with Gasteiger partial charge < -0.3 is 10.5 Å². The van der Waals surface area contributed by atoms with Gasteiger partial charge >= 0.3 is 0 Å². The molecule has 0 bridgehead atoms. The molecule has 92 valence electrons. The lowest BCUT2D eigenvalue weighted by molar-refractivity contribution is -0.0380. The first-order chi connectivity index (χ1) is 8.85. The summed E-state index contributed by atoms with van der Waals surface area (Å²) < 4.78 is 5.49. The van der Waals surface area contributed by atoms with Crippen LogP contribution in [0.15, 0.2) is 54.6 Å². The Bertz CT molecular complexity index is 532. The lowest BCUT2D eigenvalue weighted by atomic mass is 9.72. The summed E-state index contributed by atoms with van der Waals surface area (Å²) in [7, 11) is 0.